The number of aliphatic hydroxyl groups is 1. The molecule has 120 valence electrons. The van der Waals surface area contributed by atoms with Crippen molar-refractivity contribution in [2.24, 2.45) is 5.73 Å². The third-order valence-corrected chi connectivity index (χ3v) is 3.65. The molecule has 8 nitrogen and oxygen atoms in total. The molecule has 1 fully saturated rings. The van der Waals surface area contributed by atoms with Gasteiger partial charge in [-0.2, -0.15) is 0 Å². The predicted molar refractivity (Wildman–Crippen MR) is 82.3 cm³/mol. The summed E-state index contributed by atoms with van der Waals surface area (Å²) in [6, 6.07) is 3.01. The van der Waals surface area contributed by atoms with Crippen LogP contribution < -0.4 is 16.0 Å². The van der Waals surface area contributed by atoms with Gasteiger partial charge in [-0.25, -0.2) is 4.98 Å². The largest absolute Gasteiger partial charge is 0.472 e. The van der Waals surface area contributed by atoms with Crippen LogP contribution in [0.2, 0.25) is 0 Å². The summed E-state index contributed by atoms with van der Waals surface area (Å²) in [6.07, 6.45) is 4.25. The highest BCUT2D eigenvalue weighted by Gasteiger charge is 2.25. The zero-order valence-corrected chi connectivity index (χ0v) is 12.2. The van der Waals surface area contributed by atoms with Crippen LogP contribution in [0.25, 0.3) is 0 Å². The average Bonchev–Trinajstić information content (AvgIpc) is 3.18. The van der Waals surface area contributed by atoms with Crippen LogP contribution in [-0.2, 0) is 0 Å². The van der Waals surface area contributed by atoms with Crippen LogP contribution in [0.4, 0.5) is 11.5 Å². The van der Waals surface area contributed by atoms with E-state index in [-0.39, 0.29) is 11.5 Å². The smallest absolute Gasteiger partial charge is 0.259 e. The Morgan fingerprint density at radius 1 is 1.43 bits per heavy atom. The minimum absolute atomic E-state index is 0.191. The summed E-state index contributed by atoms with van der Waals surface area (Å²) in [5.74, 6) is -0.532. The van der Waals surface area contributed by atoms with Crippen molar-refractivity contribution in [2.45, 2.75) is 12.5 Å². The zero-order chi connectivity index (χ0) is 16.4. The van der Waals surface area contributed by atoms with Crippen molar-refractivity contribution >= 4 is 23.3 Å². The normalized spacial score (nSPS) is 17.3. The van der Waals surface area contributed by atoms with Gasteiger partial charge in [-0.1, -0.05) is 0 Å². The van der Waals surface area contributed by atoms with Crippen molar-refractivity contribution in [3.8, 4) is 0 Å². The van der Waals surface area contributed by atoms with Crippen LogP contribution in [0.15, 0.2) is 35.3 Å². The van der Waals surface area contributed by atoms with E-state index in [1.54, 1.807) is 0 Å². The lowest BCUT2D eigenvalue weighted by Crippen LogP contribution is -2.25. The number of hydrogen-bond acceptors (Lipinski definition) is 6. The maximum absolute atomic E-state index is 12.2. The first-order chi connectivity index (χ1) is 11.0. The molecule has 1 aliphatic rings. The number of anilines is 2. The fourth-order valence-corrected chi connectivity index (χ4v) is 2.46. The van der Waals surface area contributed by atoms with Crippen LogP contribution >= 0.6 is 0 Å². The summed E-state index contributed by atoms with van der Waals surface area (Å²) >= 11 is 0. The highest BCUT2D eigenvalue weighted by molar-refractivity contribution is 6.06. The van der Waals surface area contributed by atoms with Crippen molar-refractivity contribution in [3.63, 3.8) is 0 Å². The molecule has 0 aromatic carbocycles. The molecular weight excluding hydrogens is 300 g/mol. The number of nitrogens with two attached hydrogens (primary N) is 1. The van der Waals surface area contributed by atoms with Crippen molar-refractivity contribution in [3.05, 3.63) is 42.0 Å². The fourth-order valence-electron chi connectivity index (χ4n) is 2.46. The Kier molecular flexibility index (Phi) is 3.98. The number of nitrogens with one attached hydrogen (secondary N) is 1. The summed E-state index contributed by atoms with van der Waals surface area (Å²) in [6.45, 7) is 1.02. The summed E-state index contributed by atoms with van der Waals surface area (Å²) < 4.78 is 4.89. The Balaban J connectivity index is 1.92. The van der Waals surface area contributed by atoms with E-state index in [1.165, 1.54) is 30.9 Å². The monoisotopic (exact) mass is 316 g/mol. The lowest BCUT2D eigenvalue weighted by atomic mass is 10.2. The quantitative estimate of drug-likeness (QED) is 0.759. The van der Waals surface area contributed by atoms with Gasteiger partial charge in [-0.3, -0.25) is 9.59 Å². The van der Waals surface area contributed by atoms with Gasteiger partial charge in [0.05, 0.1) is 29.2 Å². The van der Waals surface area contributed by atoms with Crippen molar-refractivity contribution in [1.82, 2.24) is 4.98 Å². The van der Waals surface area contributed by atoms with Gasteiger partial charge in [-0.15, -0.1) is 0 Å². The second-order valence-electron chi connectivity index (χ2n) is 5.31. The van der Waals surface area contributed by atoms with E-state index in [0.29, 0.717) is 36.6 Å². The number of rotatable bonds is 4. The maximum atomic E-state index is 12.2. The number of hydrogen-bond donors (Lipinski definition) is 3. The second-order valence-corrected chi connectivity index (χ2v) is 5.31. The Morgan fingerprint density at radius 2 is 2.26 bits per heavy atom. The number of pyridine rings is 1. The molecule has 1 atom stereocenters. The number of β-amino-alcohol motifs (C(OH)–C–C–N with tert-alkyl or cyclic N) is 1. The molecule has 1 aliphatic heterocycles. The number of primary amides is 1. The molecule has 8 heteroatoms. The zero-order valence-electron chi connectivity index (χ0n) is 12.2. The molecule has 23 heavy (non-hydrogen) atoms. The number of aliphatic hydroxyl groups excluding tert-OH is 1. The Bertz CT molecular complexity index is 729. The molecule has 2 aromatic heterocycles. The van der Waals surface area contributed by atoms with Crippen LogP contribution in [0.5, 0.6) is 0 Å². The average molecular weight is 316 g/mol. The molecule has 0 saturated carbocycles. The first-order valence-corrected chi connectivity index (χ1v) is 7.11. The van der Waals surface area contributed by atoms with E-state index in [2.05, 4.69) is 10.3 Å². The predicted octanol–water partition coefficient (Wildman–Crippen LogP) is 0.597. The number of carbonyl (C=O) groups is 2. The van der Waals surface area contributed by atoms with Gasteiger partial charge < -0.3 is 25.5 Å². The first-order valence-electron chi connectivity index (χ1n) is 7.11. The van der Waals surface area contributed by atoms with Gasteiger partial charge in [0.25, 0.3) is 5.91 Å². The molecule has 1 saturated heterocycles. The highest BCUT2D eigenvalue weighted by Crippen LogP contribution is 2.28. The third kappa shape index (κ3) is 3.16. The van der Waals surface area contributed by atoms with Crippen LogP contribution in [0.3, 0.4) is 0 Å². The minimum Gasteiger partial charge on any atom is -0.472 e. The summed E-state index contributed by atoms with van der Waals surface area (Å²) in [7, 11) is 0. The van der Waals surface area contributed by atoms with Gasteiger partial charge in [0, 0.05) is 19.3 Å². The number of amides is 2. The van der Waals surface area contributed by atoms with E-state index in [0.717, 1.165) is 0 Å². The Hall–Kier alpha value is -2.87. The topological polar surface area (TPSA) is 122 Å². The Morgan fingerprint density at radius 3 is 2.87 bits per heavy atom. The van der Waals surface area contributed by atoms with Gasteiger partial charge in [-0.05, 0) is 18.6 Å². The maximum Gasteiger partial charge on any atom is 0.259 e. The number of nitrogens with zero attached hydrogens (tertiary/aromatic N) is 2. The van der Waals surface area contributed by atoms with Gasteiger partial charge in [0.2, 0.25) is 5.91 Å². The van der Waals surface area contributed by atoms with E-state index < -0.39 is 12.0 Å². The van der Waals surface area contributed by atoms with E-state index in [1.807, 2.05) is 4.90 Å². The van der Waals surface area contributed by atoms with E-state index in [9.17, 15) is 14.7 Å². The molecule has 0 spiro atoms. The lowest BCUT2D eigenvalue weighted by molar-refractivity contribution is 0.0995. The van der Waals surface area contributed by atoms with Crippen LogP contribution in [0, 0.1) is 0 Å². The van der Waals surface area contributed by atoms with Crippen LogP contribution in [0.1, 0.15) is 27.1 Å². The molecule has 1 unspecified atom stereocenters. The first kappa shape index (κ1) is 15.0. The molecule has 0 radical (unpaired) electrons. The molecule has 2 amide bonds. The molecule has 4 N–H and O–H groups in total. The molecule has 3 rings (SSSR count). The number of aromatic nitrogens is 1. The fraction of sp³-hybridized carbons (Fsp3) is 0.267. The third-order valence-electron chi connectivity index (χ3n) is 3.65. The van der Waals surface area contributed by atoms with Crippen molar-refractivity contribution in [2.75, 3.05) is 23.3 Å². The molecule has 0 bridgehead atoms. The number of furan rings is 1. The second kappa shape index (κ2) is 6.09. The minimum atomic E-state index is -0.635. The summed E-state index contributed by atoms with van der Waals surface area (Å²) in [5, 5.41) is 12.4. The van der Waals surface area contributed by atoms with Gasteiger partial charge >= 0.3 is 0 Å². The molecular formula is C15H16N4O4. The summed E-state index contributed by atoms with van der Waals surface area (Å²) in [5.41, 5.74) is 6.18. The SMILES string of the molecule is NC(=O)c1cnc(N2CCC(O)C2)c(NC(=O)c2ccoc2)c1. The molecule has 2 aromatic rings. The molecule has 0 aliphatic carbocycles. The summed E-state index contributed by atoms with van der Waals surface area (Å²) in [4.78, 5) is 29.6. The van der Waals surface area contributed by atoms with E-state index >= 15 is 0 Å². The molecule has 3 heterocycles. The van der Waals surface area contributed by atoms with E-state index in [4.69, 9.17) is 10.2 Å². The Labute approximate surface area is 131 Å². The highest BCUT2D eigenvalue weighted by atomic mass is 16.3. The van der Waals surface area contributed by atoms with Gasteiger partial charge in [0.1, 0.15) is 6.26 Å². The van der Waals surface area contributed by atoms with Crippen molar-refractivity contribution in [1.29, 1.82) is 0 Å². The number of carbonyl (C=O) groups excluding carboxylic acids is 2. The van der Waals surface area contributed by atoms with Gasteiger partial charge in [0.15, 0.2) is 5.82 Å². The lowest BCUT2D eigenvalue weighted by Gasteiger charge is -2.20. The van der Waals surface area contributed by atoms with Crippen molar-refractivity contribution < 1.29 is 19.1 Å². The van der Waals surface area contributed by atoms with Crippen LogP contribution in [-0.4, -0.2) is 41.1 Å². The standard InChI is InChI=1S/C15H16N4O4/c16-13(21)10-5-12(18-15(22)9-2-4-23-8-9)14(17-6-10)19-3-1-11(20)7-19/h2,4-6,8,11,20H,1,3,7H2,(H2,16,21)(H,18,22).